The minimum atomic E-state index is -0.257. The molecule has 2 aromatic rings. The molecule has 0 aromatic carbocycles. The SMILES string of the molecule is Cn1c(Cl)cnc1CN1CCCC1c1nc(C(=O)NC2CC2)no1. The number of imidazole rings is 1. The van der Waals surface area contributed by atoms with Gasteiger partial charge >= 0.3 is 0 Å². The molecule has 1 aliphatic carbocycles. The van der Waals surface area contributed by atoms with E-state index in [-0.39, 0.29) is 23.8 Å². The van der Waals surface area contributed by atoms with E-state index in [1.807, 2.05) is 11.6 Å². The monoisotopic (exact) mass is 350 g/mol. The molecular weight excluding hydrogens is 332 g/mol. The number of amides is 1. The summed E-state index contributed by atoms with van der Waals surface area (Å²) in [5.41, 5.74) is 0. The van der Waals surface area contributed by atoms with E-state index in [9.17, 15) is 4.79 Å². The van der Waals surface area contributed by atoms with Crippen LogP contribution in [0.1, 0.15) is 54.1 Å². The highest BCUT2D eigenvalue weighted by Gasteiger charge is 2.33. The topological polar surface area (TPSA) is 89.1 Å². The maximum absolute atomic E-state index is 12.0. The molecule has 1 saturated heterocycles. The first-order chi connectivity index (χ1) is 11.6. The third-order valence-corrected chi connectivity index (χ3v) is 4.93. The van der Waals surface area contributed by atoms with Gasteiger partial charge in [-0.1, -0.05) is 16.8 Å². The van der Waals surface area contributed by atoms with Crippen LogP contribution in [0.15, 0.2) is 10.7 Å². The predicted molar refractivity (Wildman–Crippen MR) is 85.4 cm³/mol. The number of nitrogens with one attached hydrogen (secondary N) is 1. The maximum Gasteiger partial charge on any atom is 0.292 e. The van der Waals surface area contributed by atoms with Gasteiger partial charge in [-0.15, -0.1) is 0 Å². The lowest BCUT2D eigenvalue weighted by Crippen LogP contribution is -2.27. The number of carbonyl (C=O) groups is 1. The molecule has 1 unspecified atom stereocenters. The van der Waals surface area contributed by atoms with Crippen LogP contribution in [0.25, 0.3) is 0 Å². The molecule has 9 heteroatoms. The number of nitrogens with zero attached hydrogens (tertiary/aromatic N) is 5. The van der Waals surface area contributed by atoms with E-state index >= 15 is 0 Å². The Morgan fingerprint density at radius 3 is 3.00 bits per heavy atom. The minimum absolute atomic E-state index is 0.00968. The van der Waals surface area contributed by atoms with Gasteiger partial charge in [0.1, 0.15) is 11.0 Å². The van der Waals surface area contributed by atoms with E-state index in [1.54, 1.807) is 6.20 Å². The molecule has 1 amide bonds. The Labute approximate surface area is 144 Å². The van der Waals surface area contributed by atoms with Crippen molar-refractivity contribution in [1.29, 1.82) is 0 Å². The largest absolute Gasteiger partial charge is 0.346 e. The maximum atomic E-state index is 12.0. The lowest BCUT2D eigenvalue weighted by atomic mass is 10.2. The number of rotatable bonds is 5. The van der Waals surface area contributed by atoms with Crippen LogP contribution < -0.4 is 5.32 Å². The molecule has 24 heavy (non-hydrogen) atoms. The van der Waals surface area contributed by atoms with Crippen molar-refractivity contribution in [2.45, 2.75) is 44.3 Å². The highest BCUT2D eigenvalue weighted by atomic mass is 35.5. The van der Waals surface area contributed by atoms with Crippen molar-refractivity contribution >= 4 is 17.5 Å². The van der Waals surface area contributed by atoms with Gasteiger partial charge in [0.05, 0.1) is 18.8 Å². The van der Waals surface area contributed by atoms with E-state index in [4.69, 9.17) is 16.1 Å². The number of likely N-dealkylation sites (tertiary alicyclic amines) is 1. The second-order valence-electron chi connectivity index (χ2n) is 6.39. The van der Waals surface area contributed by atoms with Crippen LogP contribution in [0, 0.1) is 0 Å². The van der Waals surface area contributed by atoms with Crippen LogP contribution in [0.2, 0.25) is 5.15 Å². The molecule has 128 valence electrons. The molecule has 3 heterocycles. The average molecular weight is 351 g/mol. The molecule has 2 aromatic heterocycles. The predicted octanol–water partition coefficient (Wildman–Crippen LogP) is 1.69. The van der Waals surface area contributed by atoms with Crippen molar-refractivity contribution in [1.82, 2.24) is 29.9 Å². The standard InChI is InChI=1S/C15H19ClN6O2/c1-21-11(16)7-17-12(21)8-22-6-2-3-10(22)15-19-13(20-24-15)14(23)18-9-4-5-9/h7,9-10H,2-6,8H2,1H3,(H,18,23). The Balaban J connectivity index is 1.47. The molecule has 2 fully saturated rings. The second kappa shape index (κ2) is 6.18. The van der Waals surface area contributed by atoms with Gasteiger partial charge < -0.3 is 14.4 Å². The number of hydrogen-bond acceptors (Lipinski definition) is 6. The van der Waals surface area contributed by atoms with Gasteiger partial charge in [0.25, 0.3) is 11.7 Å². The van der Waals surface area contributed by atoms with Crippen LogP contribution in [0.4, 0.5) is 0 Å². The summed E-state index contributed by atoms with van der Waals surface area (Å²) >= 11 is 6.05. The molecule has 1 aliphatic heterocycles. The summed E-state index contributed by atoms with van der Waals surface area (Å²) in [5.74, 6) is 1.24. The summed E-state index contributed by atoms with van der Waals surface area (Å²) in [4.78, 5) is 22.9. The molecule has 0 radical (unpaired) electrons. The molecular formula is C15H19ClN6O2. The zero-order chi connectivity index (χ0) is 16.7. The van der Waals surface area contributed by atoms with E-state index in [1.165, 1.54) is 0 Å². The van der Waals surface area contributed by atoms with Gasteiger partial charge in [-0.3, -0.25) is 9.69 Å². The lowest BCUT2D eigenvalue weighted by Gasteiger charge is -2.20. The molecule has 1 saturated carbocycles. The first-order valence-electron chi connectivity index (χ1n) is 8.16. The summed E-state index contributed by atoms with van der Waals surface area (Å²) in [6, 6.07) is 0.283. The number of halogens is 1. The normalized spacial score (nSPS) is 21.3. The molecule has 1 atom stereocenters. The van der Waals surface area contributed by atoms with Gasteiger partial charge in [-0.05, 0) is 32.2 Å². The summed E-state index contributed by atoms with van der Waals surface area (Å²) in [6.45, 7) is 1.57. The fourth-order valence-corrected chi connectivity index (χ4v) is 3.13. The summed E-state index contributed by atoms with van der Waals surface area (Å²) < 4.78 is 7.22. The molecule has 0 spiro atoms. The molecule has 2 aliphatic rings. The molecule has 0 bridgehead atoms. The summed E-state index contributed by atoms with van der Waals surface area (Å²) in [7, 11) is 1.89. The number of aromatic nitrogens is 4. The molecule has 1 N–H and O–H groups in total. The average Bonchev–Trinajstić information content (AvgIpc) is 2.98. The molecule has 4 rings (SSSR count). The Kier molecular flexibility index (Phi) is 4.01. The van der Waals surface area contributed by atoms with Crippen molar-refractivity contribution in [3.8, 4) is 0 Å². The van der Waals surface area contributed by atoms with Gasteiger partial charge in [0.2, 0.25) is 5.89 Å². The van der Waals surface area contributed by atoms with Crippen molar-refractivity contribution in [3.05, 3.63) is 28.9 Å². The van der Waals surface area contributed by atoms with Crippen molar-refractivity contribution in [2.24, 2.45) is 7.05 Å². The third kappa shape index (κ3) is 3.03. The smallest absolute Gasteiger partial charge is 0.292 e. The fourth-order valence-electron chi connectivity index (χ4n) is 2.99. The Hall–Kier alpha value is -1.93. The van der Waals surface area contributed by atoms with E-state index in [2.05, 4.69) is 25.3 Å². The lowest BCUT2D eigenvalue weighted by molar-refractivity contribution is 0.0937. The third-order valence-electron chi connectivity index (χ3n) is 4.58. The van der Waals surface area contributed by atoms with Crippen LogP contribution in [0.5, 0.6) is 0 Å². The fraction of sp³-hybridized carbons (Fsp3) is 0.600. The Morgan fingerprint density at radius 1 is 1.46 bits per heavy atom. The summed E-state index contributed by atoms with van der Waals surface area (Å²) in [6.07, 6.45) is 5.66. The van der Waals surface area contributed by atoms with Gasteiger partial charge in [-0.2, -0.15) is 4.98 Å². The zero-order valence-electron chi connectivity index (χ0n) is 13.4. The first-order valence-corrected chi connectivity index (χ1v) is 8.54. The highest BCUT2D eigenvalue weighted by molar-refractivity contribution is 6.29. The Bertz CT molecular complexity index is 753. The van der Waals surface area contributed by atoms with Crippen molar-refractivity contribution < 1.29 is 9.32 Å². The number of hydrogen-bond donors (Lipinski definition) is 1. The first kappa shape index (κ1) is 15.6. The zero-order valence-corrected chi connectivity index (χ0v) is 14.2. The van der Waals surface area contributed by atoms with Crippen LogP contribution in [-0.4, -0.2) is 43.1 Å². The quantitative estimate of drug-likeness (QED) is 0.882. The van der Waals surface area contributed by atoms with E-state index < -0.39 is 0 Å². The van der Waals surface area contributed by atoms with E-state index in [0.717, 1.165) is 38.1 Å². The van der Waals surface area contributed by atoms with Crippen molar-refractivity contribution in [2.75, 3.05) is 6.54 Å². The van der Waals surface area contributed by atoms with Crippen LogP contribution in [-0.2, 0) is 13.6 Å². The van der Waals surface area contributed by atoms with Crippen LogP contribution in [0.3, 0.4) is 0 Å². The minimum Gasteiger partial charge on any atom is -0.346 e. The van der Waals surface area contributed by atoms with Crippen molar-refractivity contribution in [3.63, 3.8) is 0 Å². The van der Waals surface area contributed by atoms with Gasteiger partial charge in [-0.25, -0.2) is 4.98 Å². The van der Waals surface area contributed by atoms with E-state index in [0.29, 0.717) is 17.6 Å². The highest BCUT2D eigenvalue weighted by Crippen LogP contribution is 2.32. The Morgan fingerprint density at radius 2 is 2.29 bits per heavy atom. The van der Waals surface area contributed by atoms with Gasteiger partial charge in [0.15, 0.2) is 0 Å². The van der Waals surface area contributed by atoms with Gasteiger partial charge in [0, 0.05) is 13.1 Å². The second-order valence-corrected chi connectivity index (χ2v) is 6.78. The molecule has 8 nitrogen and oxygen atoms in total. The number of carbonyl (C=O) groups excluding carboxylic acids is 1. The summed E-state index contributed by atoms with van der Waals surface area (Å²) in [5, 5.41) is 7.32. The van der Waals surface area contributed by atoms with Crippen LogP contribution >= 0.6 is 11.6 Å².